The summed E-state index contributed by atoms with van der Waals surface area (Å²) < 4.78 is 25.8. The number of nitrogens with zero attached hydrogens (tertiary/aromatic N) is 5. The second-order valence-corrected chi connectivity index (χ2v) is 13.4. The van der Waals surface area contributed by atoms with Gasteiger partial charge in [0.25, 0.3) is 5.91 Å². The lowest BCUT2D eigenvalue weighted by Crippen LogP contribution is -2.52. The molecule has 0 bridgehead atoms. The Morgan fingerprint density at radius 3 is 2.33 bits per heavy atom. The molecular weight excluding hydrogens is 557 g/mol. The SMILES string of the molecule is CCN(C1CCN(C2CCN(C(=O)c3ncnc(CCCc4ccc(Cl)c(Cl)c4)c3C)CC2)CC1)S(C)(=O)=O. The summed E-state index contributed by atoms with van der Waals surface area (Å²) >= 11 is 12.2. The number of aryl methyl sites for hydroxylation is 2. The summed E-state index contributed by atoms with van der Waals surface area (Å²) in [6.07, 6.45) is 8.83. The Bertz CT molecular complexity index is 1260. The highest BCUT2D eigenvalue weighted by atomic mass is 35.5. The fourth-order valence-corrected chi connectivity index (χ4v) is 7.54. The zero-order valence-electron chi connectivity index (χ0n) is 23.1. The molecule has 8 nitrogen and oxygen atoms in total. The molecule has 2 aliphatic heterocycles. The molecule has 1 aromatic carbocycles. The van der Waals surface area contributed by atoms with Crippen LogP contribution in [-0.4, -0.2) is 89.5 Å². The zero-order valence-corrected chi connectivity index (χ0v) is 25.4. The highest BCUT2D eigenvalue weighted by Crippen LogP contribution is 2.26. The van der Waals surface area contributed by atoms with Gasteiger partial charge in [-0.2, -0.15) is 4.31 Å². The highest BCUT2D eigenvalue weighted by Gasteiger charge is 2.34. The first-order valence-electron chi connectivity index (χ1n) is 13.8. The van der Waals surface area contributed by atoms with E-state index in [1.54, 1.807) is 4.31 Å². The van der Waals surface area contributed by atoms with Crippen molar-refractivity contribution >= 4 is 39.1 Å². The predicted octanol–water partition coefficient (Wildman–Crippen LogP) is 4.62. The van der Waals surface area contributed by atoms with Gasteiger partial charge in [0.05, 0.1) is 16.3 Å². The Labute approximate surface area is 242 Å². The van der Waals surface area contributed by atoms with Gasteiger partial charge in [-0.1, -0.05) is 36.2 Å². The number of carbonyl (C=O) groups is 1. The number of piperidine rings is 2. The van der Waals surface area contributed by atoms with Crippen LogP contribution in [0.1, 0.15) is 66.3 Å². The standard InChI is InChI=1S/C28H39Cl2N5O3S/c1-4-35(39(3,37)38)23-12-14-33(15-13-23)22-10-16-34(17-11-22)28(36)27-20(2)26(31-19-32-27)7-5-6-21-8-9-24(29)25(30)18-21/h8-9,18-19,22-23H,4-7,10-17H2,1-3H3. The monoisotopic (exact) mass is 595 g/mol. The van der Waals surface area contributed by atoms with Crippen LogP contribution in [0.2, 0.25) is 10.0 Å². The van der Waals surface area contributed by atoms with Crippen LogP contribution < -0.4 is 0 Å². The fraction of sp³-hybridized carbons (Fsp3) is 0.607. The predicted molar refractivity (Wildman–Crippen MR) is 156 cm³/mol. The first kappa shape index (κ1) is 30.2. The minimum atomic E-state index is -3.18. The van der Waals surface area contributed by atoms with Gasteiger partial charge in [0, 0.05) is 43.0 Å². The summed E-state index contributed by atoms with van der Waals surface area (Å²) in [7, 11) is -3.18. The minimum Gasteiger partial charge on any atom is -0.337 e. The molecule has 4 rings (SSSR count). The first-order chi connectivity index (χ1) is 18.6. The maximum absolute atomic E-state index is 13.4. The average molecular weight is 597 g/mol. The molecule has 0 radical (unpaired) electrons. The molecule has 2 saturated heterocycles. The van der Waals surface area contributed by atoms with E-state index in [0.717, 1.165) is 74.9 Å². The fourth-order valence-electron chi connectivity index (χ4n) is 6.00. The molecule has 1 amide bonds. The third kappa shape index (κ3) is 7.50. The van der Waals surface area contributed by atoms with Crippen molar-refractivity contribution in [3.8, 4) is 0 Å². The van der Waals surface area contributed by atoms with E-state index in [1.807, 2.05) is 36.9 Å². The number of sulfonamides is 1. The molecule has 3 heterocycles. The number of likely N-dealkylation sites (tertiary alicyclic amines) is 2. The Morgan fingerprint density at radius 1 is 1.03 bits per heavy atom. The van der Waals surface area contributed by atoms with E-state index in [9.17, 15) is 13.2 Å². The van der Waals surface area contributed by atoms with Gasteiger partial charge in [0.15, 0.2) is 0 Å². The average Bonchev–Trinajstić information content (AvgIpc) is 2.91. The van der Waals surface area contributed by atoms with Crippen LogP contribution in [0.15, 0.2) is 24.5 Å². The van der Waals surface area contributed by atoms with E-state index in [0.29, 0.717) is 41.4 Å². The third-order valence-electron chi connectivity index (χ3n) is 8.17. The van der Waals surface area contributed by atoms with Crippen LogP contribution in [0.25, 0.3) is 0 Å². The van der Waals surface area contributed by atoms with Gasteiger partial charge in [-0.15, -0.1) is 0 Å². The van der Waals surface area contributed by atoms with E-state index in [2.05, 4.69) is 14.9 Å². The van der Waals surface area contributed by atoms with Crippen molar-refractivity contribution in [1.82, 2.24) is 24.1 Å². The Hall–Kier alpha value is -1.78. The lowest BCUT2D eigenvalue weighted by atomic mass is 9.97. The summed E-state index contributed by atoms with van der Waals surface area (Å²) in [5.74, 6) is -0.0236. The molecule has 2 fully saturated rings. The van der Waals surface area contributed by atoms with Crippen LogP contribution >= 0.6 is 23.2 Å². The van der Waals surface area contributed by atoms with Crippen molar-refractivity contribution in [2.24, 2.45) is 0 Å². The van der Waals surface area contributed by atoms with E-state index >= 15 is 0 Å². The maximum atomic E-state index is 13.4. The quantitative estimate of drug-likeness (QED) is 0.420. The van der Waals surface area contributed by atoms with Crippen LogP contribution in [-0.2, 0) is 22.9 Å². The number of aromatic nitrogens is 2. The topological polar surface area (TPSA) is 86.7 Å². The van der Waals surface area contributed by atoms with Crippen molar-refractivity contribution in [2.75, 3.05) is 39.0 Å². The zero-order chi connectivity index (χ0) is 28.2. The van der Waals surface area contributed by atoms with Gasteiger partial charge in [0.1, 0.15) is 12.0 Å². The molecule has 0 saturated carbocycles. The molecule has 0 atom stereocenters. The summed E-state index contributed by atoms with van der Waals surface area (Å²) in [4.78, 5) is 26.6. The Morgan fingerprint density at radius 2 is 1.72 bits per heavy atom. The molecule has 214 valence electrons. The van der Waals surface area contributed by atoms with E-state index in [4.69, 9.17) is 23.2 Å². The summed E-state index contributed by atoms with van der Waals surface area (Å²) in [6, 6.07) is 6.20. The molecule has 0 spiro atoms. The molecule has 11 heteroatoms. The van der Waals surface area contributed by atoms with Gasteiger partial charge in [0.2, 0.25) is 10.0 Å². The summed E-state index contributed by atoms with van der Waals surface area (Å²) in [5, 5.41) is 1.11. The Balaban J connectivity index is 1.28. The molecule has 2 aromatic rings. The van der Waals surface area contributed by atoms with Gasteiger partial charge in [-0.25, -0.2) is 18.4 Å². The van der Waals surface area contributed by atoms with Crippen LogP contribution in [0.3, 0.4) is 0 Å². The van der Waals surface area contributed by atoms with Crippen LogP contribution in [0.4, 0.5) is 0 Å². The smallest absolute Gasteiger partial charge is 0.272 e. The van der Waals surface area contributed by atoms with Crippen molar-refractivity contribution < 1.29 is 13.2 Å². The molecule has 1 aromatic heterocycles. The number of hydrogen-bond acceptors (Lipinski definition) is 6. The lowest BCUT2D eigenvalue weighted by Gasteiger charge is -2.43. The van der Waals surface area contributed by atoms with Gasteiger partial charge in [-0.05, 0) is 82.7 Å². The highest BCUT2D eigenvalue weighted by molar-refractivity contribution is 7.88. The molecule has 0 N–H and O–H groups in total. The van der Waals surface area contributed by atoms with Gasteiger partial charge < -0.3 is 9.80 Å². The van der Waals surface area contributed by atoms with Crippen molar-refractivity contribution in [2.45, 2.75) is 70.9 Å². The first-order valence-corrected chi connectivity index (χ1v) is 16.4. The van der Waals surface area contributed by atoms with Crippen molar-refractivity contribution in [1.29, 1.82) is 0 Å². The molecule has 0 aliphatic carbocycles. The number of hydrogen-bond donors (Lipinski definition) is 0. The number of amides is 1. The summed E-state index contributed by atoms with van der Waals surface area (Å²) in [5.41, 5.74) is 3.38. The van der Waals surface area contributed by atoms with Gasteiger partial charge in [-0.3, -0.25) is 4.79 Å². The molecule has 2 aliphatic rings. The van der Waals surface area contributed by atoms with Crippen molar-refractivity contribution in [3.63, 3.8) is 0 Å². The minimum absolute atomic E-state index is 0.0236. The Kier molecular flexibility index (Phi) is 10.3. The van der Waals surface area contributed by atoms with Crippen LogP contribution in [0.5, 0.6) is 0 Å². The number of carbonyl (C=O) groups excluding carboxylic acids is 1. The van der Waals surface area contributed by atoms with E-state index < -0.39 is 10.0 Å². The number of benzene rings is 1. The normalized spacial score (nSPS) is 18.2. The second-order valence-electron chi connectivity index (χ2n) is 10.7. The molecule has 39 heavy (non-hydrogen) atoms. The van der Waals surface area contributed by atoms with E-state index in [1.165, 1.54) is 12.6 Å². The number of halogens is 2. The van der Waals surface area contributed by atoms with E-state index in [-0.39, 0.29) is 11.9 Å². The van der Waals surface area contributed by atoms with Gasteiger partial charge >= 0.3 is 0 Å². The second kappa shape index (κ2) is 13.3. The lowest BCUT2D eigenvalue weighted by molar-refractivity contribution is 0.0535. The molecule has 0 unspecified atom stereocenters. The summed E-state index contributed by atoms with van der Waals surface area (Å²) in [6.45, 7) is 7.55. The largest absolute Gasteiger partial charge is 0.337 e. The maximum Gasteiger partial charge on any atom is 0.272 e. The number of rotatable bonds is 9. The molecular formula is C28H39Cl2N5O3S. The van der Waals surface area contributed by atoms with Crippen LogP contribution in [0, 0.1) is 6.92 Å². The third-order valence-corrected chi connectivity index (χ3v) is 10.3. The van der Waals surface area contributed by atoms with Crippen molar-refractivity contribution in [3.05, 3.63) is 57.1 Å².